The van der Waals surface area contributed by atoms with Crippen molar-refractivity contribution in [2.75, 3.05) is 5.32 Å². The largest absolute Gasteiger partial charge is 0.361 e. The highest BCUT2D eigenvalue weighted by Crippen LogP contribution is 2.64. The number of nitrogens with zero attached hydrogens (tertiary/aromatic N) is 3. The van der Waals surface area contributed by atoms with Crippen LogP contribution in [0.2, 0.25) is 0 Å². The minimum Gasteiger partial charge on any atom is -0.361 e. The van der Waals surface area contributed by atoms with E-state index in [1.165, 1.54) is 0 Å². The maximum atomic E-state index is 11.3. The predicted octanol–water partition coefficient (Wildman–Crippen LogP) is 3.53. The van der Waals surface area contributed by atoms with Crippen LogP contribution in [-0.2, 0) is 0 Å². The predicted molar refractivity (Wildman–Crippen MR) is 79.0 cm³/mol. The van der Waals surface area contributed by atoms with Crippen LogP contribution in [0.4, 0.5) is 11.5 Å². The molecule has 0 aromatic carbocycles. The average Bonchev–Trinajstić information content (AvgIpc) is 2.58. The smallest absolute Gasteiger partial charge is 0.333 e. The first-order chi connectivity index (χ1) is 9.01. The van der Waals surface area contributed by atoms with Crippen LogP contribution < -0.4 is 5.32 Å². The number of nitro groups is 1. The summed E-state index contributed by atoms with van der Waals surface area (Å²) in [5, 5.41) is 19.0. The first kappa shape index (κ1) is 14.8. The second kappa shape index (κ2) is 4.20. The Morgan fingerprint density at radius 1 is 1.30 bits per heavy atom. The monoisotopic (exact) mass is 280 g/mol. The second-order valence-electron chi connectivity index (χ2n) is 7.10. The third-order valence-corrected chi connectivity index (χ3v) is 5.03. The number of anilines is 1. The van der Waals surface area contributed by atoms with E-state index in [1.807, 2.05) is 13.8 Å². The van der Waals surface area contributed by atoms with Crippen LogP contribution in [0, 0.1) is 27.9 Å². The van der Waals surface area contributed by atoms with Gasteiger partial charge in [-0.25, -0.2) is 4.68 Å². The van der Waals surface area contributed by atoms with Crippen molar-refractivity contribution in [1.29, 1.82) is 0 Å². The van der Waals surface area contributed by atoms with Gasteiger partial charge in [-0.3, -0.25) is 10.1 Å². The van der Waals surface area contributed by atoms with Crippen LogP contribution in [-0.4, -0.2) is 20.7 Å². The molecule has 0 saturated heterocycles. The Balaban J connectivity index is 2.44. The quantitative estimate of drug-likeness (QED) is 0.676. The van der Waals surface area contributed by atoms with Gasteiger partial charge in [-0.1, -0.05) is 27.7 Å². The van der Waals surface area contributed by atoms with Gasteiger partial charge in [-0.05, 0) is 31.6 Å². The molecule has 1 heterocycles. The molecule has 1 aliphatic carbocycles. The van der Waals surface area contributed by atoms with E-state index >= 15 is 0 Å². The van der Waals surface area contributed by atoms with E-state index in [0.29, 0.717) is 11.5 Å². The van der Waals surface area contributed by atoms with Crippen molar-refractivity contribution in [2.45, 2.75) is 60.5 Å². The van der Waals surface area contributed by atoms with Gasteiger partial charge in [0.2, 0.25) is 5.82 Å². The fraction of sp³-hybridized carbons (Fsp3) is 0.786. The van der Waals surface area contributed by atoms with Gasteiger partial charge >= 0.3 is 5.69 Å². The molecule has 1 aromatic rings. The van der Waals surface area contributed by atoms with Crippen LogP contribution in [0.5, 0.6) is 0 Å². The number of rotatable bonds is 4. The Bertz CT molecular complexity index is 544. The summed E-state index contributed by atoms with van der Waals surface area (Å²) in [5.41, 5.74) is 0.779. The lowest BCUT2D eigenvalue weighted by atomic mass is 10.0. The summed E-state index contributed by atoms with van der Waals surface area (Å²) in [6.45, 7) is 14.4. The molecule has 1 N–H and O–H groups in total. The zero-order chi connectivity index (χ0) is 15.5. The van der Waals surface area contributed by atoms with Crippen LogP contribution in [0.1, 0.15) is 53.3 Å². The highest BCUT2D eigenvalue weighted by Gasteiger charge is 2.65. The summed E-state index contributed by atoms with van der Waals surface area (Å²) >= 11 is 0. The van der Waals surface area contributed by atoms with E-state index in [1.54, 1.807) is 11.6 Å². The Hall–Kier alpha value is -1.59. The summed E-state index contributed by atoms with van der Waals surface area (Å²) < 4.78 is 1.72. The van der Waals surface area contributed by atoms with Gasteiger partial charge in [0.25, 0.3) is 0 Å². The molecule has 1 fully saturated rings. The Morgan fingerprint density at radius 3 is 2.15 bits per heavy atom. The lowest BCUT2D eigenvalue weighted by Crippen LogP contribution is -2.16. The van der Waals surface area contributed by atoms with Gasteiger partial charge < -0.3 is 5.32 Å². The summed E-state index contributed by atoms with van der Waals surface area (Å²) in [6.07, 6.45) is 0. The number of nitrogens with one attached hydrogen (secondary N) is 1. The van der Waals surface area contributed by atoms with Crippen molar-refractivity contribution in [3.8, 4) is 0 Å². The van der Waals surface area contributed by atoms with E-state index in [9.17, 15) is 10.1 Å². The highest BCUT2D eigenvalue weighted by atomic mass is 16.6. The molecule has 0 radical (unpaired) electrons. The van der Waals surface area contributed by atoms with E-state index in [4.69, 9.17) is 0 Å². The van der Waals surface area contributed by atoms with Crippen LogP contribution in [0.25, 0.3) is 0 Å². The van der Waals surface area contributed by atoms with E-state index in [0.717, 1.165) is 0 Å². The molecular weight excluding hydrogens is 256 g/mol. The maximum Gasteiger partial charge on any atom is 0.333 e. The molecule has 0 unspecified atom stereocenters. The molecule has 1 saturated carbocycles. The van der Waals surface area contributed by atoms with Crippen LogP contribution in [0.15, 0.2) is 0 Å². The van der Waals surface area contributed by atoms with Crippen LogP contribution >= 0.6 is 0 Å². The zero-order valence-corrected chi connectivity index (χ0v) is 13.3. The molecule has 6 heteroatoms. The van der Waals surface area contributed by atoms with Crippen molar-refractivity contribution in [2.24, 2.45) is 10.8 Å². The van der Waals surface area contributed by atoms with Gasteiger partial charge in [-0.15, -0.1) is 0 Å². The van der Waals surface area contributed by atoms with Gasteiger partial charge in [0.05, 0.1) is 4.92 Å². The summed E-state index contributed by atoms with van der Waals surface area (Å²) in [4.78, 5) is 11.0. The van der Waals surface area contributed by atoms with E-state index in [2.05, 4.69) is 38.1 Å². The molecule has 0 bridgehead atoms. The maximum absolute atomic E-state index is 11.3. The van der Waals surface area contributed by atoms with Crippen molar-refractivity contribution < 1.29 is 4.92 Å². The highest BCUT2D eigenvalue weighted by molar-refractivity contribution is 5.61. The van der Waals surface area contributed by atoms with Crippen LogP contribution in [0.3, 0.4) is 0 Å². The Labute approximate surface area is 119 Å². The molecule has 1 aromatic heterocycles. The standard InChI is InChI=1S/C14H24N4O2/c1-8(2)17-11(10(18(19)20)9(3)16-17)15-12-13(4,5)14(12,6)7/h8,12,15H,1-7H3. The summed E-state index contributed by atoms with van der Waals surface area (Å²) in [6, 6.07) is 0.289. The lowest BCUT2D eigenvalue weighted by Gasteiger charge is -2.13. The summed E-state index contributed by atoms with van der Waals surface area (Å²) in [5.74, 6) is 0.533. The fourth-order valence-corrected chi connectivity index (χ4v) is 2.96. The first-order valence-corrected chi connectivity index (χ1v) is 7.01. The first-order valence-electron chi connectivity index (χ1n) is 7.01. The molecule has 0 spiro atoms. The van der Waals surface area contributed by atoms with Gasteiger partial charge in [0.15, 0.2) is 0 Å². The topological polar surface area (TPSA) is 73.0 Å². The van der Waals surface area contributed by atoms with Crippen molar-refractivity contribution in [1.82, 2.24) is 9.78 Å². The zero-order valence-electron chi connectivity index (χ0n) is 13.3. The molecule has 0 atom stereocenters. The SMILES string of the molecule is Cc1nn(C(C)C)c(NC2C(C)(C)C2(C)C)c1[N+](=O)[O-]. The molecule has 6 nitrogen and oxygen atoms in total. The Kier molecular flexibility index (Phi) is 3.11. The summed E-state index contributed by atoms with van der Waals surface area (Å²) in [7, 11) is 0. The minimum absolute atomic E-state index is 0.0786. The van der Waals surface area contributed by atoms with Gasteiger partial charge in [0.1, 0.15) is 5.69 Å². The third-order valence-electron chi connectivity index (χ3n) is 5.03. The molecule has 112 valence electrons. The number of hydrogen-bond donors (Lipinski definition) is 1. The second-order valence-corrected chi connectivity index (χ2v) is 7.10. The van der Waals surface area contributed by atoms with Crippen molar-refractivity contribution in [3.63, 3.8) is 0 Å². The molecule has 0 amide bonds. The normalized spacial score (nSPS) is 20.2. The molecular formula is C14H24N4O2. The number of aryl methyl sites for hydroxylation is 1. The van der Waals surface area contributed by atoms with E-state index < -0.39 is 0 Å². The number of hydrogen-bond acceptors (Lipinski definition) is 4. The van der Waals surface area contributed by atoms with Gasteiger partial charge in [0, 0.05) is 12.1 Å². The number of aromatic nitrogens is 2. The van der Waals surface area contributed by atoms with Crippen molar-refractivity contribution in [3.05, 3.63) is 15.8 Å². The third kappa shape index (κ3) is 1.89. The Morgan fingerprint density at radius 2 is 1.80 bits per heavy atom. The molecule has 0 aliphatic heterocycles. The molecule has 2 rings (SSSR count). The molecule has 1 aliphatic rings. The average molecular weight is 280 g/mol. The van der Waals surface area contributed by atoms with Gasteiger partial charge in [-0.2, -0.15) is 5.10 Å². The fourth-order valence-electron chi connectivity index (χ4n) is 2.96. The van der Waals surface area contributed by atoms with E-state index in [-0.39, 0.29) is 33.5 Å². The molecule has 20 heavy (non-hydrogen) atoms. The minimum atomic E-state index is -0.341. The van der Waals surface area contributed by atoms with Crippen molar-refractivity contribution >= 4 is 11.5 Å². The lowest BCUT2D eigenvalue weighted by molar-refractivity contribution is -0.384.